The van der Waals surface area contributed by atoms with Gasteiger partial charge in [0.2, 0.25) is 0 Å². The molecule has 86 valence electrons. The third-order valence-corrected chi connectivity index (χ3v) is 1.82. The zero-order chi connectivity index (χ0) is 11.9. The van der Waals surface area contributed by atoms with Gasteiger partial charge in [-0.15, -0.1) is 0 Å². The molecule has 1 fully saturated rings. The topological polar surface area (TPSA) is 46.6 Å². The summed E-state index contributed by atoms with van der Waals surface area (Å²) in [6, 6.07) is 0. The summed E-state index contributed by atoms with van der Waals surface area (Å²) in [7, 11) is 0. The molecule has 6 heteroatoms. The number of amides is 2. The van der Waals surface area contributed by atoms with Crippen LogP contribution in [0.2, 0.25) is 0 Å². The van der Waals surface area contributed by atoms with Crippen LogP contribution in [0.4, 0.5) is 13.6 Å². The Kier molecular flexibility index (Phi) is 2.71. The van der Waals surface area contributed by atoms with Gasteiger partial charge in [0.25, 0.3) is 0 Å². The molecule has 0 radical (unpaired) electrons. The Morgan fingerprint density at radius 3 is 2.33 bits per heavy atom. The Bertz CT molecular complexity index is 296. The molecule has 4 nitrogen and oxygen atoms in total. The second kappa shape index (κ2) is 3.43. The van der Waals surface area contributed by atoms with Gasteiger partial charge in [0.1, 0.15) is 5.60 Å². The third-order valence-electron chi connectivity index (χ3n) is 1.82. The first-order valence-electron chi connectivity index (χ1n) is 4.56. The van der Waals surface area contributed by atoms with Gasteiger partial charge in [-0.05, 0) is 20.8 Å². The van der Waals surface area contributed by atoms with Gasteiger partial charge in [0.05, 0.1) is 0 Å². The summed E-state index contributed by atoms with van der Waals surface area (Å²) in [5.74, 6) is -4.91. The molecule has 0 bridgehead atoms. The van der Waals surface area contributed by atoms with Crippen molar-refractivity contribution in [2.75, 3.05) is 6.54 Å². The molecule has 15 heavy (non-hydrogen) atoms. The van der Waals surface area contributed by atoms with E-state index < -0.39 is 29.9 Å². The second-order valence-corrected chi connectivity index (χ2v) is 4.39. The molecule has 0 aromatic carbocycles. The number of halogens is 2. The number of carbonyl (C=O) groups is 2. The minimum atomic E-state index is -3.43. The summed E-state index contributed by atoms with van der Waals surface area (Å²) in [6.45, 7) is 4.51. The van der Waals surface area contributed by atoms with Gasteiger partial charge in [0.15, 0.2) is 0 Å². The van der Waals surface area contributed by atoms with Crippen LogP contribution < -0.4 is 0 Å². The van der Waals surface area contributed by atoms with E-state index in [9.17, 15) is 18.4 Å². The minimum absolute atomic E-state index is 0.291. The molecule has 0 aromatic rings. The average molecular weight is 221 g/mol. The smallest absolute Gasteiger partial charge is 0.417 e. The first kappa shape index (κ1) is 11.9. The number of alkyl halides is 2. The van der Waals surface area contributed by atoms with Crippen molar-refractivity contribution in [1.29, 1.82) is 0 Å². The van der Waals surface area contributed by atoms with E-state index in [2.05, 4.69) is 0 Å². The zero-order valence-electron chi connectivity index (χ0n) is 8.84. The molecule has 1 rings (SSSR count). The van der Waals surface area contributed by atoms with Crippen LogP contribution in [-0.2, 0) is 9.53 Å². The molecule has 0 atom stereocenters. The van der Waals surface area contributed by atoms with E-state index in [1.807, 2.05) is 0 Å². The lowest BCUT2D eigenvalue weighted by molar-refractivity contribution is -0.147. The van der Waals surface area contributed by atoms with E-state index in [4.69, 9.17) is 4.74 Å². The maximum atomic E-state index is 12.8. The monoisotopic (exact) mass is 221 g/mol. The average Bonchev–Trinajstić information content (AvgIpc) is 2.24. The molecule has 1 aliphatic rings. The highest BCUT2D eigenvalue weighted by molar-refractivity contribution is 5.97. The molecule has 1 heterocycles. The van der Waals surface area contributed by atoms with E-state index >= 15 is 0 Å². The Labute approximate surface area is 86.2 Å². The standard InChI is InChI=1S/C9H13F2NO3/c1-8(2,3)15-7(14)12-5-4-9(10,11)6(12)13/h4-5H2,1-3H3. The van der Waals surface area contributed by atoms with Gasteiger partial charge in [0, 0.05) is 13.0 Å². The maximum Gasteiger partial charge on any atom is 0.417 e. The highest BCUT2D eigenvalue weighted by Crippen LogP contribution is 2.29. The molecular weight excluding hydrogens is 208 g/mol. The summed E-state index contributed by atoms with van der Waals surface area (Å²) in [5, 5.41) is 0. The summed E-state index contributed by atoms with van der Waals surface area (Å²) in [5.41, 5.74) is -0.796. The second-order valence-electron chi connectivity index (χ2n) is 4.39. The van der Waals surface area contributed by atoms with Gasteiger partial charge >= 0.3 is 17.9 Å². The number of hydrogen-bond donors (Lipinski definition) is 0. The van der Waals surface area contributed by atoms with Crippen LogP contribution >= 0.6 is 0 Å². The van der Waals surface area contributed by atoms with Crippen LogP contribution in [0.5, 0.6) is 0 Å². The SMILES string of the molecule is CC(C)(C)OC(=O)N1CCC(F)(F)C1=O. The molecule has 0 unspecified atom stereocenters. The Balaban J connectivity index is 2.68. The first-order valence-corrected chi connectivity index (χ1v) is 4.56. The molecule has 0 spiro atoms. The predicted molar refractivity (Wildman–Crippen MR) is 47.5 cm³/mol. The maximum absolute atomic E-state index is 12.8. The number of ether oxygens (including phenoxy) is 1. The van der Waals surface area contributed by atoms with Crippen molar-refractivity contribution in [3.05, 3.63) is 0 Å². The Morgan fingerprint density at radius 1 is 1.47 bits per heavy atom. The summed E-state index contributed by atoms with van der Waals surface area (Å²) in [6.07, 6.45) is -1.64. The molecule has 0 N–H and O–H groups in total. The molecule has 0 saturated carbocycles. The van der Waals surface area contributed by atoms with Crippen LogP contribution in [0, 0.1) is 0 Å². The van der Waals surface area contributed by atoms with Crippen LogP contribution in [0.3, 0.4) is 0 Å². The van der Waals surface area contributed by atoms with Crippen molar-refractivity contribution in [1.82, 2.24) is 4.90 Å². The van der Waals surface area contributed by atoms with Gasteiger partial charge in [-0.3, -0.25) is 4.79 Å². The van der Waals surface area contributed by atoms with Crippen molar-refractivity contribution in [2.45, 2.75) is 38.7 Å². The summed E-state index contributed by atoms with van der Waals surface area (Å²) < 4.78 is 30.4. The van der Waals surface area contributed by atoms with Crippen molar-refractivity contribution in [2.24, 2.45) is 0 Å². The lowest BCUT2D eigenvalue weighted by Gasteiger charge is -2.23. The van der Waals surface area contributed by atoms with Gasteiger partial charge in [-0.25, -0.2) is 9.69 Å². The molecule has 2 amide bonds. The minimum Gasteiger partial charge on any atom is -0.443 e. The Hall–Kier alpha value is -1.20. The fraction of sp³-hybridized carbons (Fsp3) is 0.778. The predicted octanol–water partition coefficient (Wildman–Crippen LogP) is 1.79. The first-order chi connectivity index (χ1) is 6.63. The number of carbonyl (C=O) groups excluding carboxylic acids is 2. The van der Waals surface area contributed by atoms with Crippen molar-refractivity contribution < 1.29 is 23.1 Å². The zero-order valence-corrected chi connectivity index (χ0v) is 8.84. The normalized spacial score (nSPS) is 20.6. The quantitative estimate of drug-likeness (QED) is 0.626. The number of rotatable bonds is 0. The fourth-order valence-corrected chi connectivity index (χ4v) is 1.15. The third kappa shape index (κ3) is 2.64. The van der Waals surface area contributed by atoms with E-state index in [0.717, 1.165) is 0 Å². The van der Waals surface area contributed by atoms with Gasteiger partial charge in [-0.2, -0.15) is 8.78 Å². The highest BCUT2D eigenvalue weighted by atomic mass is 19.3. The number of nitrogens with zero attached hydrogens (tertiary/aromatic N) is 1. The molecule has 1 aliphatic heterocycles. The summed E-state index contributed by atoms with van der Waals surface area (Å²) in [4.78, 5) is 22.8. The van der Waals surface area contributed by atoms with E-state index in [0.29, 0.717) is 4.90 Å². The fourth-order valence-electron chi connectivity index (χ4n) is 1.15. The number of imide groups is 1. The van der Waals surface area contributed by atoms with Crippen molar-refractivity contribution in [3.8, 4) is 0 Å². The largest absolute Gasteiger partial charge is 0.443 e. The number of likely N-dealkylation sites (tertiary alicyclic amines) is 1. The lowest BCUT2D eigenvalue weighted by atomic mass is 10.2. The molecule has 1 saturated heterocycles. The van der Waals surface area contributed by atoms with Crippen LogP contribution in [0.25, 0.3) is 0 Å². The molecular formula is C9H13F2NO3. The van der Waals surface area contributed by atoms with Gasteiger partial charge < -0.3 is 4.74 Å². The molecule has 0 aromatic heterocycles. The van der Waals surface area contributed by atoms with Crippen LogP contribution in [-0.4, -0.2) is 35.0 Å². The Morgan fingerprint density at radius 2 is 2.00 bits per heavy atom. The van der Waals surface area contributed by atoms with E-state index in [1.54, 1.807) is 20.8 Å². The van der Waals surface area contributed by atoms with E-state index in [-0.39, 0.29) is 6.54 Å². The highest BCUT2D eigenvalue weighted by Gasteiger charge is 2.51. The van der Waals surface area contributed by atoms with Crippen molar-refractivity contribution in [3.63, 3.8) is 0 Å². The lowest BCUT2D eigenvalue weighted by Crippen LogP contribution is -2.41. The number of hydrogen-bond acceptors (Lipinski definition) is 3. The summed E-state index contributed by atoms with van der Waals surface area (Å²) >= 11 is 0. The van der Waals surface area contributed by atoms with Crippen LogP contribution in [0.15, 0.2) is 0 Å². The van der Waals surface area contributed by atoms with Crippen LogP contribution in [0.1, 0.15) is 27.2 Å². The molecule has 0 aliphatic carbocycles. The van der Waals surface area contributed by atoms with Crippen molar-refractivity contribution >= 4 is 12.0 Å². The van der Waals surface area contributed by atoms with Gasteiger partial charge in [-0.1, -0.05) is 0 Å². The van der Waals surface area contributed by atoms with E-state index in [1.165, 1.54) is 0 Å².